The first kappa shape index (κ1) is 14.3. The Morgan fingerprint density at radius 2 is 1.89 bits per heavy atom. The molecule has 5 heteroatoms. The molecule has 0 saturated heterocycles. The van der Waals surface area contributed by atoms with Gasteiger partial charge in [0.25, 0.3) is 0 Å². The Labute approximate surface area is 123 Å². The minimum absolute atomic E-state index is 0.201. The predicted molar refractivity (Wildman–Crippen MR) is 75.1 cm³/mol. The minimum atomic E-state index is -0.883. The van der Waals surface area contributed by atoms with Crippen molar-refractivity contribution in [1.82, 2.24) is 0 Å². The molecule has 1 atom stereocenters. The Hall–Kier alpha value is -1.13. The summed E-state index contributed by atoms with van der Waals surface area (Å²) >= 11 is 9.46. The number of hydrogen-bond acceptors (Lipinski definition) is 1. The van der Waals surface area contributed by atoms with Crippen LogP contribution < -0.4 is 4.74 Å². The number of hydrogen-bond donors (Lipinski definition) is 0. The van der Waals surface area contributed by atoms with E-state index >= 15 is 0 Å². The topological polar surface area (TPSA) is 9.23 Å². The molecule has 0 N–H and O–H groups in total. The Balaban J connectivity index is 2.44. The number of ether oxygens (including phenoxy) is 1. The summed E-state index contributed by atoms with van der Waals surface area (Å²) in [5, 5.41) is 0.421. The normalized spacial score (nSPS) is 12.3. The van der Waals surface area contributed by atoms with Gasteiger partial charge >= 0.3 is 0 Å². The first-order chi connectivity index (χ1) is 9.04. The molecule has 0 heterocycles. The van der Waals surface area contributed by atoms with Crippen molar-refractivity contribution in [3.8, 4) is 5.75 Å². The van der Waals surface area contributed by atoms with E-state index in [2.05, 4.69) is 15.9 Å². The van der Waals surface area contributed by atoms with Crippen molar-refractivity contribution >= 4 is 27.5 Å². The van der Waals surface area contributed by atoms with Gasteiger partial charge in [-0.05, 0) is 23.8 Å². The number of halogens is 4. The van der Waals surface area contributed by atoms with Gasteiger partial charge in [-0.3, -0.25) is 0 Å². The summed E-state index contributed by atoms with van der Waals surface area (Å²) in [6.45, 7) is 0. The highest BCUT2D eigenvalue weighted by molar-refractivity contribution is 9.09. The summed E-state index contributed by atoms with van der Waals surface area (Å²) in [5.74, 6) is -1.16. The number of rotatable bonds is 3. The van der Waals surface area contributed by atoms with Gasteiger partial charge in [0.2, 0.25) is 0 Å². The first-order valence-corrected chi connectivity index (χ1v) is 6.75. The lowest BCUT2D eigenvalue weighted by atomic mass is 10.0. The van der Waals surface area contributed by atoms with Crippen molar-refractivity contribution in [1.29, 1.82) is 0 Å². The lowest BCUT2D eigenvalue weighted by Gasteiger charge is -2.14. The van der Waals surface area contributed by atoms with Crippen molar-refractivity contribution < 1.29 is 13.5 Å². The second kappa shape index (κ2) is 5.88. The highest BCUT2D eigenvalue weighted by Gasteiger charge is 2.19. The maximum Gasteiger partial charge on any atom is 0.163 e. The largest absolute Gasteiger partial charge is 0.497 e. The Bertz CT molecular complexity index is 604. The van der Waals surface area contributed by atoms with E-state index in [0.29, 0.717) is 16.3 Å². The van der Waals surface area contributed by atoms with E-state index in [1.165, 1.54) is 19.2 Å². The minimum Gasteiger partial charge on any atom is -0.497 e. The Morgan fingerprint density at radius 3 is 2.53 bits per heavy atom. The molecule has 19 heavy (non-hydrogen) atoms. The number of methoxy groups -OCH3 is 1. The zero-order chi connectivity index (χ0) is 14.0. The van der Waals surface area contributed by atoms with Gasteiger partial charge in [0.1, 0.15) is 5.75 Å². The molecule has 0 spiro atoms. The number of alkyl halides is 1. The van der Waals surface area contributed by atoms with Crippen LogP contribution in [0.3, 0.4) is 0 Å². The molecule has 0 saturated carbocycles. The molecule has 0 fully saturated rings. The second-order valence-corrected chi connectivity index (χ2v) is 5.22. The monoisotopic (exact) mass is 346 g/mol. The molecule has 0 radical (unpaired) electrons. The molecule has 2 rings (SSSR count). The van der Waals surface area contributed by atoms with Gasteiger partial charge in [-0.2, -0.15) is 0 Å². The highest BCUT2D eigenvalue weighted by Crippen LogP contribution is 2.38. The molecule has 0 amide bonds. The maximum absolute atomic E-state index is 13.7. The molecule has 1 nitrogen and oxygen atoms in total. The van der Waals surface area contributed by atoms with Gasteiger partial charge in [-0.15, -0.1) is 0 Å². The molecule has 0 aliphatic heterocycles. The zero-order valence-corrected chi connectivity index (χ0v) is 12.3. The summed E-state index contributed by atoms with van der Waals surface area (Å²) in [5.41, 5.74) is 0.846. The van der Waals surface area contributed by atoms with E-state index in [9.17, 15) is 8.78 Å². The van der Waals surface area contributed by atoms with Crippen LogP contribution in [0.5, 0.6) is 5.75 Å². The van der Waals surface area contributed by atoms with Crippen LogP contribution in [0.1, 0.15) is 16.0 Å². The van der Waals surface area contributed by atoms with Crippen LogP contribution in [0.15, 0.2) is 36.4 Å². The summed E-state index contributed by atoms with van der Waals surface area (Å²) in [4.78, 5) is -0.526. The molecule has 0 aliphatic carbocycles. The van der Waals surface area contributed by atoms with E-state index in [-0.39, 0.29) is 5.56 Å². The second-order valence-electron chi connectivity index (χ2n) is 3.89. The molecule has 2 aromatic carbocycles. The SMILES string of the molecule is COc1ccc(C(Br)c2cccc(F)c2F)c(Cl)c1. The van der Waals surface area contributed by atoms with E-state index in [0.717, 1.165) is 6.07 Å². The van der Waals surface area contributed by atoms with Gasteiger partial charge in [-0.1, -0.05) is 45.7 Å². The van der Waals surface area contributed by atoms with Gasteiger partial charge < -0.3 is 4.74 Å². The maximum atomic E-state index is 13.7. The number of benzene rings is 2. The van der Waals surface area contributed by atoms with Crippen LogP contribution in [0.2, 0.25) is 5.02 Å². The van der Waals surface area contributed by atoms with Crippen molar-refractivity contribution in [2.24, 2.45) is 0 Å². The molecule has 0 aromatic heterocycles. The van der Waals surface area contributed by atoms with E-state index in [1.54, 1.807) is 18.2 Å². The first-order valence-electron chi connectivity index (χ1n) is 5.46. The Kier molecular flexibility index (Phi) is 4.42. The van der Waals surface area contributed by atoms with Crippen LogP contribution in [-0.2, 0) is 0 Å². The van der Waals surface area contributed by atoms with Gasteiger partial charge in [0.15, 0.2) is 11.6 Å². The van der Waals surface area contributed by atoms with E-state index < -0.39 is 16.5 Å². The van der Waals surface area contributed by atoms with Crippen molar-refractivity contribution in [2.45, 2.75) is 4.83 Å². The summed E-state index contributed by atoms with van der Waals surface area (Å²) in [7, 11) is 1.53. The van der Waals surface area contributed by atoms with Gasteiger partial charge in [0, 0.05) is 10.6 Å². The standard InChI is InChI=1S/C14H10BrClF2O/c1-19-8-5-6-9(11(16)7-8)13(15)10-3-2-4-12(17)14(10)18/h2-7,13H,1H3. The summed E-state index contributed by atoms with van der Waals surface area (Å²) in [6, 6.07) is 9.10. The molecule has 1 unspecified atom stereocenters. The average Bonchev–Trinajstić information content (AvgIpc) is 2.41. The van der Waals surface area contributed by atoms with Crippen LogP contribution in [0.4, 0.5) is 8.78 Å². The van der Waals surface area contributed by atoms with E-state index in [4.69, 9.17) is 16.3 Å². The third-order valence-electron chi connectivity index (χ3n) is 2.74. The quantitative estimate of drug-likeness (QED) is 0.701. The van der Waals surface area contributed by atoms with Crippen molar-refractivity contribution in [3.63, 3.8) is 0 Å². The smallest absolute Gasteiger partial charge is 0.163 e. The molecular formula is C14H10BrClF2O. The van der Waals surface area contributed by atoms with Crippen molar-refractivity contribution in [2.75, 3.05) is 7.11 Å². The molecule has 0 aliphatic rings. The highest BCUT2D eigenvalue weighted by atomic mass is 79.9. The fourth-order valence-electron chi connectivity index (χ4n) is 1.72. The summed E-state index contributed by atoms with van der Waals surface area (Å²) in [6.07, 6.45) is 0. The zero-order valence-electron chi connectivity index (χ0n) is 9.96. The molecule has 0 bridgehead atoms. The average molecular weight is 348 g/mol. The third-order valence-corrected chi connectivity index (χ3v) is 4.05. The van der Waals surface area contributed by atoms with E-state index in [1.807, 2.05) is 0 Å². The van der Waals surface area contributed by atoms with Gasteiger partial charge in [0.05, 0.1) is 11.9 Å². The fraction of sp³-hybridized carbons (Fsp3) is 0.143. The van der Waals surface area contributed by atoms with Crippen LogP contribution >= 0.6 is 27.5 Å². The lowest BCUT2D eigenvalue weighted by Crippen LogP contribution is -2.00. The van der Waals surface area contributed by atoms with Gasteiger partial charge in [-0.25, -0.2) is 8.78 Å². The summed E-state index contributed by atoms with van der Waals surface area (Å²) < 4.78 is 32.0. The third kappa shape index (κ3) is 2.90. The van der Waals surface area contributed by atoms with Crippen LogP contribution in [-0.4, -0.2) is 7.11 Å². The molecule has 2 aromatic rings. The molecule has 100 valence electrons. The fourth-order valence-corrected chi connectivity index (χ4v) is 2.89. The Morgan fingerprint density at radius 1 is 1.16 bits per heavy atom. The van der Waals surface area contributed by atoms with Crippen LogP contribution in [0.25, 0.3) is 0 Å². The predicted octanol–water partition coefficient (Wildman–Crippen LogP) is 5.11. The van der Waals surface area contributed by atoms with Crippen LogP contribution in [0, 0.1) is 11.6 Å². The van der Waals surface area contributed by atoms with Crippen molar-refractivity contribution in [3.05, 3.63) is 64.2 Å². The lowest BCUT2D eigenvalue weighted by molar-refractivity contribution is 0.414. The molecular weight excluding hydrogens is 338 g/mol.